The van der Waals surface area contributed by atoms with Crippen molar-refractivity contribution in [3.63, 3.8) is 0 Å². The summed E-state index contributed by atoms with van der Waals surface area (Å²) in [5.74, 6) is 1.82. The summed E-state index contributed by atoms with van der Waals surface area (Å²) >= 11 is 0. The topological polar surface area (TPSA) is 87.6 Å². The lowest BCUT2D eigenvalue weighted by atomic mass is 10.1. The molecule has 0 saturated heterocycles. The van der Waals surface area contributed by atoms with Crippen LogP contribution in [0.25, 0.3) is 0 Å². The van der Waals surface area contributed by atoms with Crippen LogP contribution < -0.4 is 24.4 Å². The SMILES string of the molecule is COC(=O)/C(Cc1ccc(OC)c(OC(C)C)c1)=N/Nc1ccc(OC)c(OC)c1. The average molecular weight is 416 g/mol. The average Bonchev–Trinajstić information content (AvgIpc) is 2.75. The minimum Gasteiger partial charge on any atom is -0.493 e. The molecule has 0 aliphatic carbocycles. The van der Waals surface area contributed by atoms with Crippen LogP contribution in [0, 0.1) is 0 Å². The van der Waals surface area contributed by atoms with Gasteiger partial charge in [0.15, 0.2) is 23.0 Å². The first-order valence-corrected chi connectivity index (χ1v) is 9.38. The second-order valence-corrected chi connectivity index (χ2v) is 6.56. The Hall–Kier alpha value is -3.42. The number of nitrogens with one attached hydrogen (secondary N) is 1. The number of carbonyl (C=O) groups is 1. The van der Waals surface area contributed by atoms with Crippen molar-refractivity contribution in [3.05, 3.63) is 42.0 Å². The summed E-state index contributed by atoms with van der Waals surface area (Å²) < 4.78 is 26.5. The Labute approximate surface area is 176 Å². The van der Waals surface area contributed by atoms with Crippen LogP contribution in [0.5, 0.6) is 23.0 Å². The number of carbonyl (C=O) groups excluding carboxylic acids is 1. The molecule has 2 aromatic rings. The molecule has 162 valence electrons. The van der Waals surface area contributed by atoms with Gasteiger partial charge in [-0.15, -0.1) is 0 Å². The molecule has 2 rings (SSSR count). The fourth-order valence-corrected chi connectivity index (χ4v) is 2.68. The zero-order valence-electron chi connectivity index (χ0n) is 18.1. The highest BCUT2D eigenvalue weighted by molar-refractivity contribution is 6.37. The van der Waals surface area contributed by atoms with Crippen molar-refractivity contribution in [2.75, 3.05) is 33.9 Å². The molecule has 0 saturated carbocycles. The van der Waals surface area contributed by atoms with E-state index in [4.69, 9.17) is 23.7 Å². The maximum atomic E-state index is 12.3. The number of hydrogen-bond donors (Lipinski definition) is 1. The number of anilines is 1. The van der Waals surface area contributed by atoms with E-state index in [1.165, 1.54) is 7.11 Å². The van der Waals surface area contributed by atoms with E-state index in [0.29, 0.717) is 28.7 Å². The zero-order chi connectivity index (χ0) is 22.1. The van der Waals surface area contributed by atoms with Crippen molar-refractivity contribution in [2.45, 2.75) is 26.4 Å². The molecule has 0 aliphatic heterocycles. The van der Waals surface area contributed by atoms with Gasteiger partial charge in [0, 0.05) is 12.5 Å². The lowest BCUT2D eigenvalue weighted by molar-refractivity contribution is -0.132. The van der Waals surface area contributed by atoms with Crippen LogP contribution in [0.4, 0.5) is 5.69 Å². The predicted octanol–water partition coefficient (Wildman–Crippen LogP) is 3.68. The molecule has 0 amide bonds. The number of esters is 1. The molecular weight excluding hydrogens is 388 g/mol. The summed E-state index contributed by atoms with van der Waals surface area (Å²) in [6, 6.07) is 10.7. The van der Waals surface area contributed by atoms with E-state index in [1.807, 2.05) is 26.0 Å². The summed E-state index contributed by atoms with van der Waals surface area (Å²) in [5.41, 5.74) is 4.53. The fourth-order valence-electron chi connectivity index (χ4n) is 2.68. The van der Waals surface area contributed by atoms with E-state index in [1.54, 1.807) is 45.6 Å². The Bertz CT molecular complexity index is 895. The number of rotatable bonds is 10. The van der Waals surface area contributed by atoms with Crippen LogP contribution in [0.2, 0.25) is 0 Å². The number of methoxy groups -OCH3 is 4. The predicted molar refractivity (Wildman–Crippen MR) is 115 cm³/mol. The minimum atomic E-state index is -0.537. The van der Waals surface area contributed by atoms with Crippen molar-refractivity contribution in [1.82, 2.24) is 0 Å². The maximum absolute atomic E-state index is 12.3. The van der Waals surface area contributed by atoms with Gasteiger partial charge in [0.05, 0.1) is 40.2 Å². The van der Waals surface area contributed by atoms with Crippen LogP contribution in [0.1, 0.15) is 19.4 Å². The third-order valence-electron chi connectivity index (χ3n) is 4.09. The van der Waals surface area contributed by atoms with Crippen LogP contribution in [0.15, 0.2) is 41.5 Å². The van der Waals surface area contributed by atoms with Crippen LogP contribution in [-0.2, 0) is 16.0 Å². The Morgan fingerprint density at radius 1 is 0.900 bits per heavy atom. The number of hydrogen-bond acceptors (Lipinski definition) is 8. The Morgan fingerprint density at radius 3 is 2.13 bits per heavy atom. The summed E-state index contributed by atoms with van der Waals surface area (Å²) in [4.78, 5) is 12.3. The summed E-state index contributed by atoms with van der Waals surface area (Å²) in [5, 5.41) is 4.25. The van der Waals surface area contributed by atoms with Crippen molar-refractivity contribution < 1.29 is 28.5 Å². The summed E-state index contributed by atoms with van der Waals surface area (Å²) in [6.07, 6.45) is 0.223. The first-order chi connectivity index (χ1) is 14.4. The number of hydrazone groups is 1. The largest absolute Gasteiger partial charge is 0.493 e. The molecular formula is C22H28N2O6. The van der Waals surface area contributed by atoms with E-state index >= 15 is 0 Å². The molecule has 8 nitrogen and oxygen atoms in total. The van der Waals surface area contributed by atoms with Gasteiger partial charge in [-0.1, -0.05) is 6.07 Å². The van der Waals surface area contributed by atoms with Gasteiger partial charge in [0.2, 0.25) is 0 Å². The van der Waals surface area contributed by atoms with Crippen molar-refractivity contribution in [1.29, 1.82) is 0 Å². The molecule has 0 atom stereocenters. The molecule has 2 aromatic carbocycles. The van der Waals surface area contributed by atoms with E-state index in [2.05, 4.69) is 10.5 Å². The van der Waals surface area contributed by atoms with Crippen LogP contribution in [-0.4, -0.2) is 46.2 Å². The number of nitrogens with zero attached hydrogens (tertiary/aromatic N) is 1. The van der Waals surface area contributed by atoms with E-state index in [0.717, 1.165) is 5.56 Å². The molecule has 1 N–H and O–H groups in total. The summed E-state index contributed by atoms with van der Waals surface area (Å²) in [6.45, 7) is 3.86. The van der Waals surface area contributed by atoms with Gasteiger partial charge in [-0.25, -0.2) is 4.79 Å². The maximum Gasteiger partial charge on any atom is 0.354 e. The van der Waals surface area contributed by atoms with E-state index in [9.17, 15) is 4.79 Å². The minimum absolute atomic E-state index is 0.0189. The lowest BCUT2D eigenvalue weighted by Crippen LogP contribution is -2.20. The van der Waals surface area contributed by atoms with E-state index in [-0.39, 0.29) is 18.2 Å². The van der Waals surface area contributed by atoms with Crippen LogP contribution in [0.3, 0.4) is 0 Å². The normalized spacial score (nSPS) is 11.1. The molecule has 0 bridgehead atoms. The second-order valence-electron chi connectivity index (χ2n) is 6.56. The van der Waals surface area contributed by atoms with Crippen molar-refractivity contribution in [2.24, 2.45) is 5.10 Å². The third kappa shape index (κ3) is 6.04. The molecule has 0 heterocycles. The molecule has 8 heteroatoms. The fraction of sp³-hybridized carbons (Fsp3) is 0.364. The Morgan fingerprint density at radius 2 is 1.53 bits per heavy atom. The Kier molecular flexibility index (Phi) is 8.34. The van der Waals surface area contributed by atoms with Crippen LogP contribution >= 0.6 is 0 Å². The lowest BCUT2D eigenvalue weighted by Gasteiger charge is -2.15. The second kappa shape index (κ2) is 10.9. The summed E-state index contributed by atoms with van der Waals surface area (Å²) in [7, 11) is 6.00. The standard InChI is InChI=1S/C22H28N2O6/c1-14(2)30-21-12-15(7-9-19(21)27-4)11-17(22(25)29-6)24-23-16-8-10-18(26-3)20(13-16)28-5/h7-10,12-14,23H,11H2,1-6H3/b24-17+. The smallest absolute Gasteiger partial charge is 0.354 e. The van der Waals surface area contributed by atoms with E-state index < -0.39 is 5.97 Å². The first-order valence-electron chi connectivity index (χ1n) is 9.38. The number of ether oxygens (including phenoxy) is 5. The highest BCUT2D eigenvalue weighted by Crippen LogP contribution is 2.30. The molecule has 0 aromatic heterocycles. The number of benzene rings is 2. The molecule has 30 heavy (non-hydrogen) atoms. The van der Waals surface area contributed by atoms with Gasteiger partial charge in [0.25, 0.3) is 0 Å². The quantitative estimate of drug-likeness (QED) is 0.359. The highest BCUT2D eigenvalue weighted by atomic mass is 16.5. The first kappa shape index (κ1) is 22.9. The molecule has 0 spiro atoms. The van der Waals surface area contributed by atoms with Gasteiger partial charge in [-0.2, -0.15) is 5.10 Å². The van der Waals surface area contributed by atoms with Gasteiger partial charge in [-0.05, 0) is 43.7 Å². The van der Waals surface area contributed by atoms with Crippen molar-refractivity contribution >= 4 is 17.4 Å². The molecule has 0 radical (unpaired) electrons. The monoisotopic (exact) mass is 416 g/mol. The van der Waals surface area contributed by atoms with Gasteiger partial charge in [0.1, 0.15) is 5.71 Å². The van der Waals surface area contributed by atoms with Gasteiger partial charge in [-0.3, -0.25) is 5.43 Å². The zero-order valence-corrected chi connectivity index (χ0v) is 18.1. The van der Waals surface area contributed by atoms with Gasteiger partial charge >= 0.3 is 5.97 Å². The third-order valence-corrected chi connectivity index (χ3v) is 4.09. The molecule has 0 unspecified atom stereocenters. The van der Waals surface area contributed by atoms with Gasteiger partial charge < -0.3 is 23.7 Å². The molecule has 0 fully saturated rings. The van der Waals surface area contributed by atoms with Crippen molar-refractivity contribution in [3.8, 4) is 23.0 Å². The molecule has 0 aliphatic rings. The highest BCUT2D eigenvalue weighted by Gasteiger charge is 2.16. The Balaban J connectivity index is 2.27.